The fourth-order valence-corrected chi connectivity index (χ4v) is 4.88. The molecule has 0 radical (unpaired) electrons. The first-order valence-electron chi connectivity index (χ1n) is 11.3. The molecule has 0 aromatic heterocycles. The SMILES string of the molecule is C[C@@H](N)c1ccc(C2(N3CCN(C(=O)Oc4ccccc4)CC3)CCC(F)(F)CC2)cc1. The summed E-state index contributed by atoms with van der Waals surface area (Å²) < 4.78 is 33.6. The molecule has 2 aliphatic rings. The molecule has 32 heavy (non-hydrogen) atoms. The van der Waals surface area contributed by atoms with Crippen molar-refractivity contribution in [3.05, 3.63) is 65.7 Å². The van der Waals surface area contributed by atoms with E-state index in [0.717, 1.165) is 11.1 Å². The maximum Gasteiger partial charge on any atom is 0.415 e. The molecule has 1 saturated carbocycles. The van der Waals surface area contributed by atoms with E-state index in [1.807, 2.05) is 49.4 Å². The molecule has 1 aliphatic carbocycles. The van der Waals surface area contributed by atoms with Crippen LogP contribution < -0.4 is 10.5 Å². The number of hydrogen-bond donors (Lipinski definition) is 1. The van der Waals surface area contributed by atoms with Gasteiger partial charge < -0.3 is 15.4 Å². The lowest BCUT2D eigenvalue weighted by Gasteiger charge is -2.51. The lowest BCUT2D eigenvalue weighted by Crippen LogP contribution is -2.58. The van der Waals surface area contributed by atoms with E-state index in [2.05, 4.69) is 4.90 Å². The van der Waals surface area contributed by atoms with Crippen LogP contribution in [0.5, 0.6) is 5.75 Å². The van der Waals surface area contributed by atoms with Crippen LogP contribution in [-0.2, 0) is 5.54 Å². The second-order valence-electron chi connectivity index (χ2n) is 8.95. The Labute approximate surface area is 188 Å². The Kier molecular flexibility index (Phi) is 6.49. The number of para-hydroxylation sites is 1. The van der Waals surface area contributed by atoms with Crippen LogP contribution in [0.2, 0.25) is 0 Å². The van der Waals surface area contributed by atoms with Gasteiger partial charge in [-0.25, -0.2) is 13.6 Å². The Bertz CT molecular complexity index is 901. The molecule has 2 aromatic rings. The Morgan fingerprint density at radius 2 is 1.53 bits per heavy atom. The zero-order valence-electron chi connectivity index (χ0n) is 18.5. The number of nitrogens with zero attached hydrogens (tertiary/aromatic N) is 2. The molecule has 2 fully saturated rings. The lowest BCUT2D eigenvalue weighted by molar-refractivity contribution is -0.0911. The summed E-state index contributed by atoms with van der Waals surface area (Å²) in [6, 6.07) is 17.0. The summed E-state index contributed by atoms with van der Waals surface area (Å²) in [5.41, 5.74) is 7.62. The minimum atomic E-state index is -2.61. The highest BCUT2D eigenvalue weighted by Crippen LogP contribution is 2.47. The van der Waals surface area contributed by atoms with E-state index < -0.39 is 11.5 Å². The van der Waals surface area contributed by atoms with Crippen molar-refractivity contribution in [2.45, 2.75) is 50.1 Å². The van der Waals surface area contributed by atoms with Crippen LogP contribution in [0.4, 0.5) is 13.6 Å². The highest BCUT2D eigenvalue weighted by molar-refractivity contribution is 5.70. The highest BCUT2D eigenvalue weighted by Gasteiger charge is 2.48. The van der Waals surface area contributed by atoms with E-state index in [-0.39, 0.29) is 25.0 Å². The highest BCUT2D eigenvalue weighted by atomic mass is 19.3. The molecule has 5 nitrogen and oxygen atoms in total. The second-order valence-corrected chi connectivity index (χ2v) is 8.95. The summed E-state index contributed by atoms with van der Waals surface area (Å²) in [5, 5.41) is 0. The number of halogens is 2. The van der Waals surface area contributed by atoms with Crippen LogP contribution in [0, 0.1) is 0 Å². The van der Waals surface area contributed by atoms with Crippen LogP contribution in [-0.4, -0.2) is 48.0 Å². The summed E-state index contributed by atoms with van der Waals surface area (Å²) in [4.78, 5) is 16.5. The van der Waals surface area contributed by atoms with Crippen molar-refractivity contribution in [3.8, 4) is 5.75 Å². The molecule has 0 bridgehead atoms. The van der Waals surface area contributed by atoms with Crippen LogP contribution in [0.3, 0.4) is 0 Å². The molecule has 1 saturated heterocycles. The number of ether oxygens (including phenoxy) is 1. The van der Waals surface area contributed by atoms with Crippen LogP contribution in [0.1, 0.15) is 49.8 Å². The van der Waals surface area contributed by atoms with Gasteiger partial charge in [0.15, 0.2) is 0 Å². The quantitative estimate of drug-likeness (QED) is 0.728. The minimum Gasteiger partial charge on any atom is -0.410 e. The summed E-state index contributed by atoms with van der Waals surface area (Å²) in [6.45, 7) is 4.16. The summed E-state index contributed by atoms with van der Waals surface area (Å²) in [5.74, 6) is -2.10. The zero-order valence-corrected chi connectivity index (χ0v) is 18.5. The molecule has 7 heteroatoms. The van der Waals surface area contributed by atoms with Crippen LogP contribution >= 0.6 is 0 Å². The van der Waals surface area contributed by atoms with Gasteiger partial charge in [0.2, 0.25) is 5.92 Å². The fourth-order valence-electron chi connectivity index (χ4n) is 4.88. The summed E-state index contributed by atoms with van der Waals surface area (Å²) in [6.07, 6.45) is 0.163. The van der Waals surface area contributed by atoms with Crippen molar-refractivity contribution in [1.29, 1.82) is 0 Å². The molecule has 1 atom stereocenters. The van der Waals surface area contributed by atoms with Gasteiger partial charge in [0.05, 0.1) is 0 Å². The third kappa shape index (κ3) is 4.79. The van der Waals surface area contributed by atoms with Crippen molar-refractivity contribution in [3.63, 3.8) is 0 Å². The predicted octanol–water partition coefficient (Wildman–Crippen LogP) is 4.93. The van der Waals surface area contributed by atoms with E-state index in [1.165, 1.54) is 0 Å². The maximum absolute atomic E-state index is 14.1. The standard InChI is InChI=1S/C25H31F2N3O2/c1-19(28)20-7-9-21(10-8-20)24(11-13-25(26,27)14-12-24)30-17-15-29(16-18-30)23(31)32-22-5-3-2-4-6-22/h2-10,19H,11-18,28H2,1H3/t19-/m1/s1. The molecule has 2 aromatic carbocycles. The minimum absolute atomic E-state index is 0.0742. The van der Waals surface area contributed by atoms with Crippen molar-refractivity contribution in [2.75, 3.05) is 26.2 Å². The Balaban J connectivity index is 1.48. The average Bonchev–Trinajstić information content (AvgIpc) is 2.80. The molecular formula is C25H31F2N3O2. The number of rotatable bonds is 4. The molecule has 0 spiro atoms. The van der Waals surface area contributed by atoms with Crippen molar-refractivity contribution < 1.29 is 18.3 Å². The number of benzene rings is 2. The van der Waals surface area contributed by atoms with Crippen molar-refractivity contribution in [1.82, 2.24) is 9.80 Å². The van der Waals surface area contributed by atoms with E-state index in [9.17, 15) is 13.6 Å². The van der Waals surface area contributed by atoms with Crippen molar-refractivity contribution >= 4 is 6.09 Å². The van der Waals surface area contributed by atoms with Gasteiger partial charge in [-0.15, -0.1) is 0 Å². The first kappa shape index (κ1) is 22.7. The fraction of sp³-hybridized carbons (Fsp3) is 0.480. The molecule has 172 valence electrons. The Hall–Kier alpha value is -2.51. The second kappa shape index (κ2) is 9.16. The normalized spacial score (nSPS) is 21.7. The number of hydrogen-bond acceptors (Lipinski definition) is 4. The molecule has 1 amide bonds. The average molecular weight is 444 g/mol. The number of amides is 1. The van der Waals surface area contributed by atoms with Crippen LogP contribution in [0.15, 0.2) is 54.6 Å². The Morgan fingerprint density at radius 3 is 2.09 bits per heavy atom. The lowest BCUT2D eigenvalue weighted by atomic mass is 9.73. The van der Waals surface area contributed by atoms with E-state index in [1.54, 1.807) is 17.0 Å². The molecule has 4 rings (SSSR count). The molecule has 1 heterocycles. The first-order valence-corrected chi connectivity index (χ1v) is 11.3. The zero-order chi connectivity index (χ0) is 22.8. The monoisotopic (exact) mass is 443 g/mol. The van der Waals surface area contributed by atoms with Crippen LogP contribution in [0.25, 0.3) is 0 Å². The molecule has 1 aliphatic heterocycles. The molecule has 0 unspecified atom stereocenters. The third-order valence-electron chi connectivity index (χ3n) is 6.87. The molecule has 2 N–H and O–H groups in total. The van der Waals surface area contributed by atoms with Crippen molar-refractivity contribution in [2.24, 2.45) is 5.73 Å². The predicted molar refractivity (Wildman–Crippen MR) is 120 cm³/mol. The number of alkyl halides is 2. The maximum atomic E-state index is 14.1. The first-order chi connectivity index (χ1) is 15.3. The number of nitrogens with two attached hydrogens (primary N) is 1. The van der Waals surface area contributed by atoms with Gasteiger partial charge in [0, 0.05) is 50.6 Å². The van der Waals surface area contributed by atoms with E-state index in [0.29, 0.717) is 44.8 Å². The van der Waals surface area contributed by atoms with Gasteiger partial charge in [-0.2, -0.15) is 0 Å². The Morgan fingerprint density at radius 1 is 0.938 bits per heavy atom. The summed E-state index contributed by atoms with van der Waals surface area (Å²) >= 11 is 0. The van der Waals surface area contributed by atoms with Gasteiger partial charge >= 0.3 is 6.09 Å². The number of piperazine rings is 1. The van der Waals surface area contributed by atoms with Gasteiger partial charge in [-0.3, -0.25) is 4.90 Å². The topological polar surface area (TPSA) is 58.8 Å². The van der Waals surface area contributed by atoms with Gasteiger partial charge in [0.25, 0.3) is 0 Å². The van der Waals surface area contributed by atoms with Gasteiger partial charge in [-0.1, -0.05) is 42.5 Å². The van der Waals surface area contributed by atoms with E-state index in [4.69, 9.17) is 10.5 Å². The smallest absolute Gasteiger partial charge is 0.410 e. The number of carbonyl (C=O) groups is 1. The van der Waals surface area contributed by atoms with E-state index >= 15 is 0 Å². The molecular weight excluding hydrogens is 412 g/mol. The largest absolute Gasteiger partial charge is 0.415 e. The number of carbonyl (C=O) groups excluding carboxylic acids is 1. The summed E-state index contributed by atoms with van der Waals surface area (Å²) in [7, 11) is 0. The van der Waals surface area contributed by atoms with Gasteiger partial charge in [0.1, 0.15) is 5.75 Å². The van der Waals surface area contributed by atoms with Gasteiger partial charge in [-0.05, 0) is 43.0 Å². The third-order valence-corrected chi connectivity index (χ3v) is 6.87.